The van der Waals surface area contributed by atoms with Crippen molar-refractivity contribution < 1.29 is 17.9 Å². The lowest BCUT2D eigenvalue weighted by Crippen LogP contribution is -2.34. The molecule has 17 heavy (non-hydrogen) atoms. The van der Waals surface area contributed by atoms with Gasteiger partial charge < -0.3 is 9.64 Å². The molecule has 0 aliphatic carbocycles. The number of amides is 1. The van der Waals surface area contributed by atoms with E-state index < -0.39 is 9.84 Å². The monoisotopic (exact) mass is 278 g/mol. The van der Waals surface area contributed by atoms with Gasteiger partial charge in [-0.2, -0.15) is 4.99 Å². The minimum atomic E-state index is -2.93. The second-order valence-corrected chi connectivity index (χ2v) is 7.49. The number of rotatable bonds is 2. The van der Waals surface area contributed by atoms with Gasteiger partial charge in [0.2, 0.25) is 0 Å². The number of nitrogens with zero attached hydrogens (tertiary/aromatic N) is 2. The zero-order valence-electron chi connectivity index (χ0n) is 9.62. The molecule has 0 unspecified atom stereocenters. The molecule has 2 rings (SSSR count). The summed E-state index contributed by atoms with van der Waals surface area (Å²) in [5.74, 6) is -0.0206. The smallest absolute Gasteiger partial charge is 0.274 e. The van der Waals surface area contributed by atoms with E-state index >= 15 is 0 Å². The summed E-state index contributed by atoms with van der Waals surface area (Å²) in [6, 6.07) is -0.0564. The third-order valence-electron chi connectivity index (χ3n) is 2.82. The molecular weight excluding hydrogens is 264 g/mol. The van der Waals surface area contributed by atoms with Crippen LogP contribution in [0.3, 0.4) is 0 Å². The number of fused-ring (bicyclic) bond motifs is 1. The fourth-order valence-corrected chi connectivity index (χ4v) is 6.01. The van der Waals surface area contributed by atoms with Crippen LogP contribution in [0.15, 0.2) is 4.99 Å². The van der Waals surface area contributed by atoms with Crippen LogP contribution < -0.4 is 0 Å². The first-order valence-electron chi connectivity index (χ1n) is 5.13. The molecule has 96 valence electrons. The highest BCUT2D eigenvalue weighted by molar-refractivity contribution is 8.15. The van der Waals surface area contributed by atoms with Crippen molar-refractivity contribution in [1.82, 2.24) is 4.90 Å². The van der Waals surface area contributed by atoms with Crippen LogP contribution >= 0.6 is 11.8 Å². The van der Waals surface area contributed by atoms with E-state index in [9.17, 15) is 13.2 Å². The molecule has 6 nitrogen and oxygen atoms in total. The van der Waals surface area contributed by atoms with Crippen molar-refractivity contribution in [2.24, 2.45) is 4.99 Å². The lowest BCUT2D eigenvalue weighted by Gasteiger charge is -2.17. The minimum Gasteiger partial charge on any atom is -0.375 e. The average molecular weight is 278 g/mol. The van der Waals surface area contributed by atoms with Crippen molar-refractivity contribution in [1.29, 1.82) is 0 Å². The Bertz CT molecular complexity index is 460. The normalized spacial score (nSPS) is 33.1. The van der Waals surface area contributed by atoms with E-state index in [4.69, 9.17) is 4.74 Å². The van der Waals surface area contributed by atoms with Crippen LogP contribution in [0.1, 0.15) is 0 Å². The van der Waals surface area contributed by atoms with Gasteiger partial charge in [-0.1, -0.05) is 11.8 Å². The molecule has 0 aromatic heterocycles. The summed E-state index contributed by atoms with van der Waals surface area (Å²) in [6.07, 6.45) is 0. The van der Waals surface area contributed by atoms with E-state index in [1.165, 1.54) is 18.9 Å². The molecule has 2 aliphatic rings. The van der Waals surface area contributed by atoms with E-state index in [0.717, 1.165) is 0 Å². The van der Waals surface area contributed by atoms with Crippen molar-refractivity contribution in [3.8, 4) is 0 Å². The molecule has 0 radical (unpaired) electrons. The number of thioether (sulfide) groups is 1. The molecule has 2 aliphatic heterocycles. The first kappa shape index (κ1) is 12.8. The number of ether oxygens (including phenoxy) is 1. The predicted molar refractivity (Wildman–Crippen MR) is 65.9 cm³/mol. The molecule has 2 fully saturated rings. The zero-order chi connectivity index (χ0) is 12.6. The first-order chi connectivity index (χ1) is 7.93. The number of hydrogen-bond acceptors (Lipinski definition) is 5. The quantitative estimate of drug-likeness (QED) is 0.669. The number of carbonyl (C=O) groups excluding carboxylic acids is 1. The summed E-state index contributed by atoms with van der Waals surface area (Å²) >= 11 is 1.37. The maximum Gasteiger partial charge on any atom is 0.274 e. The zero-order valence-corrected chi connectivity index (χ0v) is 11.3. The van der Waals surface area contributed by atoms with Gasteiger partial charge in [-0.25, -0.2) is 8.42 Å². The lowest BCUT2D eigenvalue weighted by atomic mass is 10.2. The maximum absolute atomic E-state index is 11.5. The molecule has 2 atom stereocenters. The molecule has 2 saturated heterocycles. The Morgan fingerprint density at radius 1 is 1.59 bits per heavy atom. The molecule has 1 amide bonds. The molecule has 2 heterocycles. The summed E-state index contributed by atoms with van der Waals surface area (Å²) in [6.45, 7) is -0.0501. The van der Waals surface area contributed by atoms with Gasteiger partial charge in [-0.15, -0.1) is 0 Å². The van der Waals surface area contributed by atoms with Crippen LogP contribution in [-0.2, 0) is 19.4 Å². The Kier molecular flexibility index (Phi) is 3.46. The van der Waals surface area contributed by atoms with Gasteiger partial charge in [-0.3, -0.25) is 4.79 Å². The average Bonchev–Trinajstić information content (AvgIpc) is 2.63. The highest BCUT2D eigenvalue weighted by Gasteiger charge is 2.47. The second-order valence-electron chi connectivity index (χ2n) is 4.13. The van der Waals surface area contributed by atoms with Gasteiger partial charge in [0.15, 0.2) is 15.0 Å². The molecule has 0 spiro atoms. The van der Waals surface area contributed by atoms with Crippen LogP contribution in [0.25, 0.3) is 0 Å². The van der Waals surface area contributed by atoms with Crippen LogP contribution in [0.5, 0.6) is 0 Å². The van der Waals surface area contributed by atoms with E-state index in [-0.39, 0.29) is 35.3 Å². The number of aliphatic imine (C=N–C) groups is 1. The maximum atomic E-state index is 11.5. The Morgan fingerprint density at radius 3 is 2.88 bits per heavy atom. The molecule has 0 saturated carbocycles. The fourth-order valence-electron chi connectivity index (χ4n) is 2.00. The summed E-state index contributed by atoms with van der Waals surface area (Å²) in [4.78, 5) is 17.0. The van der Waals surface area contributed by atoms with Gasteiger partial charge in [0, 0.05) is 19.4 Å². The Balaban J connectivity index is 2.10. The largest absolute Gasteiger partial charge is 0.375 e. The first-order valence-corrected chi connectivity index (χ1v) is 7.83. The van der Waals surface area contributed by atoms with Crippen molar-refractivity contribution in [3.63, 3.8) is 0 Å². The summed E-state index contributed by atoms with van der Waals surface area (Å²) in [5.41, 5.74) is 0. The van der Waals surface area contributed by atoms with Crippen molar-refractivity contribution in [2.75, 3.05) is 32.3 Å². The summed E-state index contributed by atoms with van der Waals surface area (Å²) in [5, 5.41) is 0.594. The third kappa shape index (κ3) is 2.63. The van der Waals surface area contributed by atoms with Gasteiger partial charge in [0.25, 0.3) is 5.91 Å². The Hall–Kier alpha value is -0.600. The summed E-state index contributed by atoms with van der Waals surface area (Å²) < 4.78 is 27.6. The van der Waals surface area contributed by atoms with E-state index in [1.807, 2.05) is 0 Å². The third-order valence-corrected chi connectivity index (χ3v) is 6.12. The van der Waals surface area contributed by atoms with Gasteiger partial charge in [0.05, 0.1) is 17.5 Å². The predicted octanol–water partition coefficient (Wildman–Crippen LogP) is -0.640. The van der Waals surface area contributed by atoms with Crippen molar-refractivity contribution >= 4 is 32.7 Å². The Labute approximate surface area is 104 Å². The number of hydrogen-bond donors (Lipinski definition) is 0. The van der Waals surface area contributed by atoms with Crippen LogP contribution in [-0.4, -0.2) is 68.0 Å². The molecule has 0 bridgehead atoms. The Morgan fingerprint density at radius 2 is 2.29 bits per heavy atom. The molecule has 0 aromatic rings. The van der Waals surface area contributed by atoms with Gasteiger partial charge in [-0.05, 0) is 0 Å². The van der Waals surface area contributed by atoms with Crippen molar-refractivity contribution in [3.05, 3.63) is 0 Å². The van der Waals surface area contributed by atoms with E-state index in [2.05, 4.69) is 4.99 Å². The van der Waals surface area contributed by atoms with E-state index in [0.29, 0.717) is 5.17 Å². The van der Waals surface area contributed by atoms with Gasteiger partial charge in [0.1, 0.15) is 6.61 Å². The number of carbonyl (C=O) groups is 1. The molecular formula is C9H14N2O4S2. The van der Waals surface area contributed by atoms with E-state index in [1.54, 1.807) is 11.9 Å². The van der Waals surface area contributed by atoms with Crippen molar-refractivity contribution in [2.45, 2.75) is 11.3 Å². The standard InChI is InChI=1S/C9H14N2O4S2/c1-11-6-4-17(13,14)5-7(6)16-9(11)10-8(12)3-15-2/h6-7H,3-5H2,1-2H3/t6-,7-/m1/s1. The molecule has 0 N–H and O–H groups in total. The van der Waals surface area contributed by atoms with Gasteiger partial charge >= 0.3 is 0 Å². The van der Waals surface area contributed by atoms with Crippen LogP contribution in [0.4, 0.5) is 0 Å². The fraction of sp³-hybridized carbons (Fsp3) is 0.778. The lowest BCUT2D eigenvalue weighted by molar-refractivity contribution is -0.121. The highest BCUT2D eigenvalue weighted by Crippen LogP contribution is 2.36. The SMILES string of the molecule is COCC(=O)N=C1S[C@@H]2CS(=O)(=O)C[C@H]2N1C. The molecule has 0 aromatic carbocycles. The molecule has 8 heteroatoms. The second kappa shape index (κ2) is 4.58. The number of amidine groups is 1. The number of methoxy groups -OCH3 is 1. The minimum absolute atomic E-state index is 0.000838. The highest BCUT2D eigenvalue weighted by atomic mass is 32.2. The van der Waals surface area contributed by atoms with Crippen LogP contribution in [0, 0.1) is 0 Å². The summed E-state index contributed by atoms with van der Waals surface area (Å²) in [7, 11) is 0.283. The topological polar surface area (TPSA) is 76.0 Å². The van der Waals surface area contributed by atoms with Crippen LogP contribution in [0.2, 0.25) is 0 Å². The number of sulfone groups is 1.